The number of esters is 2. The molecule has 0 radical (unpaired) electrons. The second-order valence-corrected chi connectivity index (χ2v) is 19.6. The van der Waals surface area contributed by atoms with Crippen molar-refractivity contribution >= 4 is 46.0 Å². The predicted octanol–water partition coefficient (Wildman–Crippen LogP) is 8.52. The first-order valence-electron chi connectivity index (χ1n) is 23.9. The Hall–Kier alpha value is -0.180. The molecule has 0 amide bonds. The van der Waals surface area contributed by atoms with Gasteiger partial charge in [0, 0.05) is 12.8 Å². The zero-order valence-corrected chi connectivity index (χ0v) is 42.7. The van der Waals surface area contributed by atoms with E-state index in [1.807, 2.05) is 0 Å². The summed E-state index contributed by atoms with van der Waals surface area (Å²) in [6.45, 7) is 3.38. The Morgan fingerprint density at radius 2 is 0.803 bits per heavy atom. The molecule has 1 fully saturated rings. The Kier molecular flexibility index (Phi) is 41.1. The van der Waals surface area contributed by atoms with Crippen molar-refractivity contribution < 1.29 is 101 Å². The van der Waals surface area contributed by atoms with Gasteiger partial charge in [0.1, 0.15) is 24.9 Å². The number of ether oxygens (including phenoxy) is 2. The molecule has 0 spiro atoms. The maximum absolute atomic E-state index is 13.2. The Morgan fingerprint density at radius 1 is 0.470 bits per heavy atom. The summed E-state index contributed by atoms with van der Waals surface area (Å²) in [5, 5.41) is 22.1. The molecule has 1 rings (SSSR count). The summed E-state index contributed by atoms with van der Waals surface area (Å²) >= 11 is 0. The predicted molar refractivity (Wildman–Crippen MR) is 245 cm³/mol. The molecule has 25 heteroatoms. The van der Waals surface area contributed by atoms with Gasteiger partial charge in [0.25, 0.3) is 0 Å². The smallest absolute Gasteiger partial charge is 0.357 e. The highest BCUT2D eigenvalue weighted by Crippen LogP contribution is 2.41. The average molecular weight is 1030 g/mol. The van der Waals surface area contributed by atoms with Gasteiger partial charge in [0.2, 0.25) is 0 Å². The summed E-state index contributed by atoms with van der Waals surface area (Å²) in [7, 11) is -13.5. The van der Waals surface area contributed by atoms with Crippen molar-refractivity contribution in [1.82, 2.24) is 0 Å². The van der Waals surface area contributed by atoms with Crippen molar-refractivity contribution in [3.8, 4) is 0 Å². The van der Waals surface area contributed by atoms with Gasteiger partial charge < -0.3 is 58.1 Å². The first-order chi connectivity index (χ1) is 31.8. The van der Waals surface area contributed by atoms with E-state index in [0.717, 1.165) is 51.4 Å². The van der Waals surface area contributed by atoms with Crippen molar-refractivity contribution in [2.75, 3.05) is 13.2 Å². The number of aliphatic hydroxyl groups excluding tert-OH is 2. The lowest BCUT2D eigenvalue weighted by molar-refractivity contribution is -0.410. The summed E-state index contributed by atoms with van der Waals surface area (Å²) < 4.78 is 47.7. The maximum Gasteiger partial charge on any atom is 0.357 e. The van der Waals surface area contributed by atoms with E-state index in [4.69, 9.17) is 33.2 Å². The van der Waals surface area contributed by atoms with Crippen LogP contribution in [0.4, 0.5) is 0 Å². The van der Waals surface area contributed by atoms with Gasteiger partial charge in [0.15, 0.2) is 24.4 Å². The summed E-state index contributed by atoms with van der Waals surface area (Å²) in [4.78, 5) is 95.2. The van der Waals surface area contributed by atoms with Crippen molar-refractivity contribution in [3.05, 3.63) is 0 Å². The van der Waals surface area contributed by atoms with Crippen LogP contribution in [0.5, 0.6) is 0 Å². The Morgan fingerprint density at radius 3 is 1.17 bits per heavy atom. The highest BCUT2D eigenvalue weighted by molar-refractivity contribution is 7.39. The first-order valence-corrected chi connectivity index (χ1v) is 28.6. The van der Waals surface area contributed by atoms with Gasteiger partial charge >= 0.3 is 46.0 Å². The van der Waals surface area contributed by atoms with E-state index in [1.165, 1.54) is 103 Å². The first kappa shape index (κ1) is 63.8. The fourth-order valence-corrected chi connectivity index (χ4v) is 8.81. The number of unbranched alkanes of at least 4 members (excludes halogenated alkanes) is 24. The number of hydrogen-bond donors (Lipinski definition) is 8. The second-order valence-electron chi connectivity index (χ2n) is 16.6. The summed E-state index contributed by atoms with van der Waals surface area (Å²) in [5.74, 6) is -1.12. The fourth-order valence-electron chi connectivity index (χ4n) is 7.39. The van der Waals surface area contributed by atoms with Crippen LogP contribution in [0, 0.1) is 0 Å². The van der Waals surface area contributed by atoms with Crippen molar-refractivity contribution in [2.24, 2.45) is 0 Å². The summed E-state index contributed by atoms with van der Waals surface area (Å²) in [5.41, 5.74) is 0. The number of carbonyl (C=O) groups excluding carboxylic acids is 2. The molecule has 6 atom stereocenters. The van der Waals surface area contributed by atoms with Crippen molar-refractivity contribution in [1.29, 1.82) is 0 Å². The molecule has 0 aromatic heterocycles. The van der Waals surface area contributed by atoms with Crippen LogP contribution in [0.1, 0.15) is 194 Å². The van der Waals surface area contributed by atoms with Crippen LogP contribution in [0.15, 0.2) is 0 Å². The lowest BCUT2D eigenvalue weighted by Gasteiger charge is -2.43. The van der Waals surface area contributed by atoms with Crippen LogP contribution in [-0.4, -0.2) is 107 Å². The highest BCUT2D eigenvalue weighted by atomic mass is 31.2. The lowest BCUT2D eigenvalue weighted by Crippen LogP contribution is -2.65. The average Bonchev–Trinajstić information content (AvgIpc) is 3.27. The molecule has 8 N–H and O–H groups in total. The molecule has 0 heterocycles. The zero-order valence-electron chi connectivity index (χ0n) is 39.0. The minimum atomic E-state index is -3.78. The SMILES string of the molecule is CCCCCCCCCCCCCCCC(=O)OCC(CO[PH](=O)OC1C(O)C(OOP(O)O)C(OOP(O)O)C(OOP(O)O)C1O)OC(=O)CCCCCCCCCCCCCCC. The number of aliphatic hydroxyl groups is 2. The molecule has 0 bridgehead atoms. The molecule has 1 aliphatic rings. The van der Waals surface area contributed by atoms with Crippen LogP contribution in [-0.2, 0) is 61.4 Å². The van der Waals surface area contributed by atoms with Gasteiger partial charge in [-0.2, -0.15) is 14.0 Å². The monoisotopic (exact) mass is 1030 g/mol. The molecule has 0 saturated heterocycles. The van der Waals surface area contributed by atoms with E-state index in [-0.39, 0.29) is 12.8 Å². The fraction of sp³-hybridized carbons (Fsp3) is 0.951. The highest BCUT2D eigenvalue weighted by Gasteiger charge is 2.56. The van der Waals surface area contributed by atoms with Gasteiger partial charge in [-0.15, -0.1) is 0 Å². The molecule has 1 aliphatic carbocycles. The van der Waals surface area contributed by atoms with Crippen LogP contribution in [0.2, 0.25) is 0 Å². The third-order valence-corrected chi connectivity index (χ3v) is 12.5. The quantitative estimate of drug-likeness (QED) is 0.00931. The third-order valence-electron chi connectivity index (χ3n) is 11.0. The molecular weight excluding hydrogens is 952 g/mol. The Labute approximate surface area is 395 Å². The van der Waals surface area contributed by atoms with E-state index in [2.05, 4.69) is 27.9 Å². The minimum Gasteiger partial charge on any atom is -0.462 e. The summed E-state index contributed by atoms with van der Waals surface area (Å²) in [6, 6.07) is 0. The summed E-state index contributed by atoms with van der Waals surface area (Å²) in [6.07, 6.45) is 16.1. The standard InChI is InChI=1S/C41H82O21P4/c1-3-5-7-9-11-13-15-17-19-21-23-25-27-29-34(42)53-31-33(55-35(43)30-28-26-24-22-20-18-16-14-12-10-8-6-4-2)32-54-66(52)59-38-36(44)39(56-60-63(46)47)41(58-62-65(50)51)40(37(38)45)57-61-64(48)49/h33,36-41,44-51,66H,3-32H2,1-2H3. The maximum atomic E-state index is 13.2. The number of hydrogen-bond acceptors (Lipinski definition) is 21. The van der Waals surface area contributed by atoms with Gasteiger partial charge in [-0.1, -0.05) is 168 Å². The Bertz CT molecular complexity index is 1170. The minimum absolute atomic E-state index is 0.0788. The topological polar surface area (TPSA) is 305 Å². The van der Waals surface area contributed by atoms with E-state index in [9.17, 15) is 53.7 Å². The Balaban J connectivity index is 2.79. The molecule has 66 heavy (non-hydrogen) atoms. The molecule has 0 aromatic carbocycles. The van der Waals surface area contributed by atoms with Gasteiger partial charge in [-0.05, 0) is 12.8 Å². The molecule has 392 valence electrons. The molecular formula is C41H82O21P4. The van der Waals surface area contributed by atoms with E-state index in [0.29, 0.717) is 12.8 Å². The number of carbonyl (C=O) groups is 2. The largest absolute Gasteiger partial charge is 0.462 e. The van der Waals surface area contributed by atoms with E-state index in [1.54, 1.807) is 0 Å². The molecule has 6 unspecified atom stereocenters. The van der Waals surface area contributed by atoms with Crippen molar-refractivity contribution in [3.63, 3.8) is 0 Å². The molecule has 21 nitrogen and oxygen atoms in total. The molecule has 1 saturated carbocycles. The number of rotatable bonds is 45. The van der Waals surface area contributed by atoms with E-state index < -0.39 is 102 Å². The second kappa shape index (κ2) is 42.5. The van der Waals surface area contributed by atoms with Gasteiger partial charge in [-0.3, -0.25) is 14.2 Å². The van der Waals surface area contributed by atoms with Gasteiger partial charge in [0.05, 0.1) is 6.61 Å². The van der Waals surface area contributed by atoms with Crippen LogP contribution in [0.3, 0.4) is 0 Å². The third kappa shape index (κ3) is 33.4. The van der Waals surface area contributed by atoms with Crippen LogP contribution in [0.25, 0.3) is 0 Å². The zero-order chi connectivity index (χ0) is 48.8. The lowest BCUT2D eigenvalue weighted by atomic mass is 9.85. The van der Waals surface area contributed by atoms with Crippen LogP contribution < -0.4 is 0 Å². The van der Waals surface area contributed by atoms with Crippen molar-refractivity contribution in [2.45, 2.75) is 236 Å². The molecule has 0 aromatic rings. The van der Waals surface area contributed by atoms with Crippen LogP contribution >= 0.6 is 34.1 Å². The van der Waals surface area contributed by atoms with Gasteiger partial charge in [-0.25, -0.2) is 14.7 Å². The van der Waals surface area contributed by atoms with E-state index >= 15 is 0 Å². The molecule has 0 aliphatic heterocycles. The normalized spacial score (nSPS) is 20.9.